The molecule has 7 heteroatoms. The van der Waals surface area contributed by atoms with Gasteiger partial charge in [-0.25, -0.2) is 4.98 Å². The van der Waals surface area contributed by atoms with E-state index in [1.807, 2.05) is 22.5 Å². The zero-order valence-corrected chi connectivity index (χ0v) is 18.0. The molecule has 0 amide bonds. The van der Waals surface area contributed by atoms with Gasteiger partial charge in [0.05, 0.1) is 23.5 Å². The molecule has 0 spiro atoms. The zero-order chi connectivity index (χ0) is 20.0. The van der Waals surface area contributed by atoms with Gasteiger partial charge in [-0.1, -0.05) is 36.5 Å². The first kappa shape index (κ1) is 19.6. The molecular weight excluding hydrogens is 397 g/mol. The Bertz CT molecular complexity index is 969. The lowest BCUT2D eigenvalue weighted by Gasteiger charge is -2.36. The lowest BCUT2D eigenvalue weighted by molar-refractivity contribution is 0.197. The van der Waals surface area contributed by atoms with Crippen molar-refractivity contribution in [3.63, 3.8) is 0 Å². The monoisotopic (exact) mass is 421 g/mol. The number of fused-ring (bicyclic) bond motifs is 1. The Balaban J connectivity index is 1.84. The highest BCUT2D eigenvalue weighted by Crippen LogP contribution is 2.42. The molecule has 5 nitrogen and oxygen atoms in total. The van der Waals surface area contributed by atoms with Crippen molar-refractivity contribution < 1.29 is 4.74 Å². The highest BCUT2D eigenvalue weighted by atomic mass is 35.5. The highest BCUT2D eigenvalue weighted by molar-refractivity contribution is 6.34. The third-order valence-corrected chi connectivity index (χ3v) is 6.85. The van der Waals surface area contributed by atoms with Crippen molar-refractivity contribution in [3.8, 4) is 5.75 Å². The maximum atomic E-state index is 13.6. The number of nitrogens with zero attached hydrogens (tertiary/aromatic N) is 3. The van der Waals surface area contributed by atoms with Gasteiger partial charge in [-0.05, 0) is 50.2 Å². The standard InChI is InChI=1S/C21H25Cl2N3O2/c1-4-17(13-6-5-7-13)26-12(2)19(23)24-20(21(26)27)25-9-8-14-10-15(28-3)11-16(22)18(14)25/h10-11,13,17H,4-9H2,1-3H3. The normalized spacial score (nSPS) is 17.4. The molecule has 150 valence electrons. The summed E-state index contributed by atoms with van der Waals surface area (Å²) in [6.07, 6.45) is 5.24. The minimum Gasteiger partial charge on any atom is -0.497 e. The first-order valence-electron chi connectivity index (χ1n) is 9.88. The Kier molecular flexibility index (Phi) is 5.32. The van der Waals surface area contributed by atoms with Crippen LogP contribution in [0.3, 0.4) is 0 Å². The molecular formula is C21H25Cl2N3O2. The van der Waals surface area contributed by atoms with E-state index < -0.39 is 0 Å². The Labute approximate surface area is 175 Å². The predicted octanol–water partition coefficient (Wildman–Crippen LogP) is 5.31. The molecule has 0 saturated heterocycles. The summed E-state index contributed by atoms with van der Waals surface area (Å²) >= 11 is 13.0. The topological polar surface area (TPSA) is 47.4 Å². The van der Waals surface area contributed by atoms with E-state index in [1.54, 1.807) is 13.2 Å². The third-order valence-electron chi connectivity index (χ3n) is 6.20. The van der Waals surface area contributed by atoms with Crippen molar-refractivity contribution in [2.75, 3.05) is 18.6 Å². The van der Waals surface area contributed by atoms with E-state index in [9.17, 15) is 4.79 Å². The van der Waals surface area contributed by atoms with Crippen LogP contribution < -0.4 is 15.2 Å². The molecule has 2 heterocycles. The molecule has 1 unspecified atom stereocenters. The highest BCUT2D eigenvalue weighted by Gasteiger charge is 2.33. The van der Waals surface area contributed by atoms with Gasteiger partial charge in [-0.15, -0.1) is 0 Å². The molecule has 2 aliphatic rings. The number of hydrogen-bond donors (Lipinski definition) is 0. The van der Waals surface area contributed by atoms with Crippen LogP contribution in [0.1, 0.15) is 49.9 Å². The first-order valence-corrected chi connectivity index (χ1v) is 10.6. The maximum absolute atomic E-state index is 13.6. The summed E-state index contributed by atoms with van der Waals surface area (Å²) in [4.78, 5) is 19.9. The lowest BCUT2D eigenvalue weighted by atomic mass is 9.78. The van der Waals surface area contributed by atoms with Crippen molar-refractivity contribution in [1.82, 2.24) is 9.55 Å². The van der Waals surface area contributed by atoms with Gasteiger partial charge in [-0.3, -0.25) is 4.79 Å². The van der Waals surface area contributed by atoms with Crippen LogP contribution in [0.4, 0.5) is 11.5 Å². The second-order valence-electron chi connectivity index (χ2n) is 7.67. The average Bonchev–Trinajstić information content (AvgIpc) is 3.06. The number of rotatable bonds is 5. The number of ether oxygens (including phenoxy) is 1. The molecule has 2 aromatic rings. The molecule has 1 aliphatic heterocycles. The lowest BCUT2D eigenvalue weighted by Crippen LogP contribution is -2.37. The van der Waals surface area contributed by atoms with Crippen LogP contribution in [0.2, 0.25) is 10.2 Å². The van der Waals surface area contributed by atoms with Gasteiger partial charge in [-0.2, -0.15) is 0 Å². The summed E-state index contributed by atoms with van der Waals surface area (Å²) in [5, 5.41) is 0.938. The van der Waals surface area contributed by atoms with Crippen molar-refractivity contribution in [2.24, 2.45) is 5.92 Å². The fraction of sp³-hybridized carbons (Fsp3) is 0.524. The number of halogens is 2. The molecule has 1 fully saturated rings. The van der Waals surface area contributed by atoms with Crippen molar-refractivity contribution in [2.45, 2.75) is 52.0 Å². The summed E-state index contributed by atoms with van der Waals surface area (Å²) in [7, 11) is 1.62. The van der Waals surface area contributed by atoms with Crippen LogP contribution in [-0.2, 0) is 6.42 Å². The van der Waals surface area contributed by atoms with Gasteiger partial charge < -0.3 is 14.2 Å². The van der Waals surface area contributed by atoms with Gasteiger partial charge in [0.15, 0.2) is 5.15 Å². The third kappa shape index (κ3) is 3.09. The summed E-state index contributed by atoms with van der Waals surface area (Å²) in [6, 6.07) is 3.91. The molecule has 1 aromatic heterocycles. The van der Waals surface area contributed by atoms with E-state index in [2.05, 4.69) is 11.9 Å². The predicted molar refractivity (Wildman–Crippen MR) is 114 cm³/mol. The van der Waals surface area contributed by atoms with E-state index in [1.165, 1.54) is 6.42 Å². The van der Waals surface area contributed by atoms with Crippen LogP contribution in [0.5, 0.6) is 5.75 Å². The van der Waals surface area contributed by atoms with Crippen LogP contribution in [-0.4, -0.2) is 23.2 Å². The summed E-state index contributed by atoms with van der Waals surface area (Å²) in [6.45, 7) is 4.67. The van der Waals surface area contributed by atoms with Gasteiger partial charge in [0, 0.05) is 18.7 Å². The Morgan fingerprint density at radius 2 is 2.07 bits per heavy atom. The molecule has 1 aromatic carbocycles. The first-order chi connectivity index (χ1) is 13.5. The SMILES string of the molecule is CCC(C1CCC1)n1c(C)c(Cl)nc(N2CCc3cc(OC)cc(Cl)c32)c1=O. The second-order valence-corrected chi connectivity index (χ2v) is 8.44. The molecule has 0 radical (unpaired) electrons. The number of hydrogen-bond acceptors (Lipinski definition) is 4. The zero-order valence-electron chi connectivity index (χ0n) is 16.5. The largest absolute Gasteiger partial charge is 0.497 e. The maximum Gasteiger partial charge on any atom is 0.294 e. The Morgan fingerprint density at radius 3 is 2.68 bits per heavy atom. The summed E-state index contributed by atoms with van der Waals surface area (Å²) < 4.78 is 7.20. The quantitative estimate of drug-likeness (QED) is 0.655. The molecule has 0 bridgehead atoms. The number of methoxy groups -OCH3 is 1. The van der Waals surface area contributed by atoms with Gasteiger partial charge in [0.1, 0.15) is 5.75 Å². The van der Waals surface area contributed by atoms with Crippen molar-refractivity contribution in [1.29, 1.82) is 0 Å². The molecule has 1 saturated carbocycles. The van der Waals surface area contributed by atoms with Gasteiger partial charge >= 0.3 is 0 Å². The van der Waals surface area contributed by atoms with Crippen LogP contribution in [0, 0.1) is 12.8 Å². The van der Waals surface area contributed by atoms with E-state index in [-0.39, 0.29) is 11.6 Å². The number of aromatic nitrogens is 2. The summed E-state index contributed by atoms with van der Waals surface area (Å²) in [5.74, 6) is 1.61. The van der Waals surface area contributed by atoms with Gasteiger partial charge in [0.25, 0.3) is 5.56 Å². The average molecular weight is 422 g/mol. The van der Waals surface area contributed by atoms with Crippen molar-refractivity contribution >= 4 is 34.7 Å². The van der Waals surface area contributed by atoms with Crippen LogP contribution in [0.25, 0.3) is 0 Å². The molecule has 1 atom stereocenters. The minimum absolute atomic E-state index is 0.0830. The van der Waals surface area contributed by atoms with E-state index in [0.717, 1.165) is 42.6 Å². The fourth-order valence-electron chi connectivity index (χ4n) is 4.50. The van der Waals surface area contributed by atoms with Crippen LogP contribution >= 0.6 is 23.2 Å². The van der Waals surface area contributed by atoms with Gasteiger partial charge in [0.2, 0.25) is 5.82 Å². The Hall–Kier alpha value is -1.72. The minimum atomic E-state index is -0.0830. The van der Waals surface area contributed by atoms with E-state index in [0.29, 0.717) is 34.2 Å². The molecule has 1 aliphatic carbocycles. The molecule has 0 N–H and O–H groups in total. The van der Waals surface area contributed by atoms with E-state index >= 15 is 0 Å². The molecule has 4 rings (SSSR count). The molecule has 28 heavy (non-hydrogen) atoms. The smallest absolute Gasteiger partial charge is 0.294 e. The summed E-state index contributed by atoms with van der Waals surface area (Å²) in [5.41, 5.74) is 2.55. The second kappa shape index (κ2) is 7.60. The van der Waals surface area contributed by atoms with E-state index in [4.69, 9.17) is 27.9 Å². The van der Waals surface area contributed by atoms with Crippen LogP contribution in [0.15, 0.2) is 16.9 Å². The fourth-order valence-corrected chi connectivity index (χ4v) is 5.00. The number of benzene rings is 1. The Morgan fingerprint density at radius 1 is 1.32 bits per heavy atom. The van der Waals surface area contributed by atoms with Crippen molar-refractivity contribution in [3.05, 3.63) is 43.9 Å². The number of anilines is 2.